The van der Waals surface area contributed by atoms with Crippen molar-refractivity contribution in [3.63, 3.8) is 0 Å². The lowest BCUT2D eigenvalue weighted by Crippen LogP contribution is -2.42. The maximum atomic E-state index is 12.9. The smallest absolute Gasteiger partial charge is 0.225 e. The van der Waals surface area contributed by atoms with Crippen molar-refractivity contribution in [2.75, 3.05) is 26.2 Å². The summed E-state index contributed by atoms with van der Waals surface area (Å²) in [5.41, 5.74) is 4.83. The predicted molar refractivity (Wildman–Crippen MR) is 105 cm³/mol. The van der Waals surface area contributed by atoms with Crippen LogP contribution in [-0.4, -0.2) is 46.8 Å². The molecule has 0 unspecified atom stereocenters. The molecule has 4 rings (SSSR count). The molecular weight excluding hydrogens is 348 g/mol. The van der Waals surface area contributed by atoms with Crippen LogP contribution >= 0.6 is 12.4 Å². The van der Waals surface area contributed by atoms with E-state index in [0.29, 0.717) is 5.91 Å². The zero-order valence-electron chi connectivity index (χ0n) is 15.3. The van der Waals surface area contributed by atoms with Gasteiger partial charge in [0.15, 0.2) is 0 Å². The molecule has 2 aliphatic heterocycles. The third kappa shape index (κ3) is 3.64. The molecule has 6 heteroatoms. The van der Waals surface area contributed by atoms with Crippen LogP contribution < -0.4 is 5.32 Å². The second kappa shape index (κ2) is 8.23. The predicted octanol–water partition coefficient (Wildman–Crippen LogP) is 2.44. The van der Waals surface area contributed by atoms with Crippen molar-refractivity contribution >= 4 is 18.3 Å². The lowest BCUT2D eigenvalue weighted by molar-refractivity contribution is -0.136. The van der Waals surface area contributed by atoms with Crippen LogP contribution in [-0.2, 0) is 24.7 Å². The second-order valence-corrected chi connectivity index (χ2v) is 7.11. The third-order valence-corrected chi connectivity index (χ3v) is 5.57. The van der Waals surface area contributed by atoms with Crippen LogP contribution in [0.3, 0.4) is 0 Å². The number of benzene rings is 1. The van der Waals surface area contributed by atoms with Gasteiger partial charge in [-0.15, -0.1) is 12.4 Å². The summed E-state index contributed by atoms with van der Waals surface area (Å²) >= 11 is 0. The standard InChI is InChI=1S/C20H26N4O.ClH/c1-23-18-10-14-24(20(25)16-7-11-21-12-8-16)13-9-17(18)19(22-23)15-5-3-2-4-6-15;/h2-6,16,21H,7-14H2,1H3;1H. The Bertz CT molecular complexity index is 753. The van der Waals surface area contributed by atoms with Crippen LogP contribution in [0.5, 0.6) is 0 Å². The Labute approximate surface area is 161 Å². The van der Waals surface area contributed by atoms with Crippen molar-refractivity contribution in [2.24, 2.45) is 13.0 Å². The molecule has 1 N–H and O–H groups in total. The van der Waals surface area contributed by atoms with Gasteiger partial charge < -0.3 is 10.2 Å². The second-order valence-electron chi connectivity index (χ2n) is 7.11. The van der Waals surface area contributed by atoms with Crippen molar-refractivity contribution < 1.29 is 4.79 Å². The molecular formula is C20H27ClN4O. The monoisotopic (exact) mass is 374 g/mol. The molecule has 3 heterocycles. The van der Waals surface area contributed by atoms with E-state index in [1.165, 1.54) is 11.3 Å². The Morgan fingerprint density at radius 1 is 1.12 bits per heavy atom. The quantitative estimate of drug-likeness (QED) is 0.878. The lowest BCUT2D eigenvalue weighted by atomic mass is 9.96. The van der Waals surface area contributed by atoms with E-state index in [1.807, 2.05) is 17.8 Å². The van der Waals surface area contributed by atoms with Gasteiger partial charge in [0, 0.05) is 49.3 Å². The minimum absolute atomic E-state index is 0. The molecule has 2 aromatic rings. The summed E-state index contributed by atoms with van der Waals surface area (Å²) in [4.78, 5) is 15.0. The SMILES string of the molecule is Cl.Cn1nc(-c2ccccc2)c2c1CCN(C(=O)C1CCNCC1)CC2. The van der Waals surface area contributed by atoms with Crippen LogP contribution in [0.1, 0.15) is 24.1 Å². The number of piperidine rings is 1. The molecule has 0 saturated carbocycles. The number of hydrogen-bond donors (Lipinski definition) is 1. The van der Waals surface area contributed by atoms with Gasteiger partial charge in [0.05, 0.1) is 5.69 Å². The number of nitrogens with one attached hydrogen (secondary N) is 1. The van der Waals surface area contributed by atoms with Crippen LogP contribution in [0.4, 0.5) is 0 Å². The van der Waals surface area contributed by atoms with Crippen molar-refractivity contribution in [2.45, 2.75) is 25.7 Å². The number of fused-ring (bicyclic) bond motifs is 1. The summed E-state index contributed by atoms with van der Waals surface area (Å²) in [5, 5.41) is 8.11. The van der Waals surface area contributed by atoms with E-state index in [1.54, 1.807) is 0 Å². The summed E-state index contributed by atoms with van der Waals surface area (Å²) in [5.74, 6) is 0.553. The minimum atomic E-state index is 0. The number of carbonyl (C=O) groups is 1. The van der Waals surface area contributed by atoms with E-state index < -0.39 is 0 Å². The van der Waals surface area contributed by atoms with E-state index in [0.717, 1.165) is 63.1 Å². The van der Waals surface area contributed by atoms with Gasteiger partial charge in [0.25, 0.3) is 0 Å². The van der Waals surface area contributed by atoms with Gasteiger partial charge in [-0.3, -0.25) is 9.48 Å². The molecule has 5 nitrogen and oxygen atoms in total. The number of rotatable bonds is 2. The maximum Gasteiger partial charge on any atom is 0.225 e. The molecule has 1 fully saturated rings. The molecule has 0 radical (unpaired) electrons. The summed E-state index contributed by atoms with van der Waals surface area (Å²) in [6.45, 7) is 3.55. The van der Waals surface area contributed by atoms with Crippen molar-refractivity contribution in [1.29, 1.82) is 0 Å². The Balaban J connectivity index is 0.00000196. The number of aryl methyl sites for hydroxylation is 1. The van der Waals surface area contributed by atoms with Gasteiger partial charge in [0.1, 0.15) is 0 Å². The van der Waals surface area contributed by atoms with E-state index in [9.17, 15) is 4.79 Å². The first-order chi connectivity index (χ1) is 12.2. The number of carbonyl (C=O) groups excluding carboxylic acids is 1. The zero-order chi connectivity index (χ0) is 17.2. The van der Waals surface area contributed by atoms with Gasteiger partial charge >= 0.3 is 0 Å². The highest BCUT2D eigenvalue weighted by Crippen LogP contribution is 2.28. The Kier molecular flexibility index (Phi) is 5.99. The maximum absolute atomic E-state index is 12.9. The largest absolute Gasteiger partial charge is 0.342 e. The highest BCUT2D eigenvalue weighted by molar-refractivity contribution is 5.85. The fourth-order valence-electron chi connectivity index (χ4n) is 4.15. The molecule has 0 aliphatic carbocycles. The van der Waals surface area contributed by atoms with Gasteiger partial charge in [-0.2, -0.15) is 5.10 Å². The average molecular weight is 375 g/mol. The van der Waals surface area contributed by atoms with Gasteiger partial charge in [-0.05, 0) is 32.4 Å². The molecule has 1 saturated heterocycles. The first kappa shape index (κ1) is 18.9. The molecule has 140 valence electrons. The number of nitrogens with zero attached hydrogens (tertiary/aromatic N) is 3. The third-order valence-electron chi connectivity index (χ3n) is 5.57. The number of halogens is 1. The van der Waals surface area contributed by atoms with Crippen LogP contribution in [0, 0.1) is 5.92 Å². The van der Waals surface area contributed by atoms with Crippen molar-refractivity contribution in [1.82, 2.24) is 20.0 Å². The summed E-state index contributed by atoms with van der Waals surface area (Å²) in [6, 6.07) is 10.4. The minimum Gasteiger partial charge on any atom is -0.342 e. The van der Waals surface area contributed by atoms with Crippen LogP contribution in [0.2, 0.25) is 0 Å². The fraction of sp³-hybridized carbons (Fsp3) is 0.500. The zero-order valence-corrected chi connectivity index (χ0v) is 16.1. The van der Waals surface area contributed by atoms with E-state index in [4.69, 9.17) is 5.10 Å². The summed E-state index contributed by atoms with van der Waals surface area (Å²) in [7, 11) is 2.02. The van der Waals surface area contributed by atoms with Crippen molar-refractivity contribution in [3.8, 4) is 11.3 Å². The summed E-state index contributed by atoms with van der Waals surface area (Å²) in [6.07, 6.45) is 3.73. The van der Waals surface area contributed by atoms with Crippen LogP contribution in [0.15, 0.2) is 30.3 Å². The van der Waals surface area contributed by atoms with Gasteiger partial charge in [0.2, 0.25) is 5.91 Å². The molecule has 1 amide bonds. The van der Waals surface area contributed by atoms with E-state index >= 15 is 0 Å². The molecule has 2 aliphatic rings. The number of amides is 1. The molecule has 0 atom stereocenters. The Morgan fingerprint density at radius 3 is 2.54 bits per heavy atom. The topological polar surface area (TPSA) is 50.2 Å². The molecule has 0 bridgehead atoms. The normalized spacial score (nSPS) is 18.0. The van der Waals surface area contributed by atoms with E-state index in [-0.39, 0.29) is 18.3 Å². The van der Waals surface area contributed by atoms with Gasteiger partial charge in [-0.1, -0.05) is 30.3 Å². The fourth-order valence-corrected chi connectivity index (χ4v) is 4.15. The van der Waals surface area contributed by atoms with Crippen LogP contribution in [0.25, 0.3) is 11.3 Å². The Hall–Kier alpha value is -1.85. The van der Waals surface area contributed by atoms with Crippen molar-refractivity contribution in [3.05, 3.63) is 41.6 Å². The average Bonchev–Trinajstić information content (AvgIpc) is 2.84. The molecule has 1 aromatic carbocycles. The first-order valence-corrected chi connectivity index (χ1v) is 9.33. The highest BCUT2D eigenvalue weighted by Gasteiger charge is 2.29. The first-order valence-electron chi connectivity index (χ1n) is 9.33. The number of aromatic nitrogens is 2. The summed E-state index contributed by atoms with van der Waals surface area (Å²) < 4.78 is 2.01. The lowest BCUT2D eigenvalue weighted by Gasteiger charge is -2.28. The highest BCUT2D eigenvalue weighted by atomic mass is 35.5. The molecule has 26 heavy (non-hydrogen) atoms. The number of hydrogen-bond acceptors (Lipinski definition) is 3. The molecule has 1 aromatic heterocycles. The van der Waals surface area contributed by atoms with Gasteiger partial charge in [-0.25, -0.2) is 0 Å². The Morgan fingerprint density at radius 2 is 1.81 bits per heavy atom. The van der Waals surface area contributed by atoms with E-state index in [2.05, 4.69) is 34.5 Å². The molecule has 0 spiro atoms.